The highest BCUT2D eigenvalue weighted by Crippen LogP contribution is 2.23. The molecule has 0 saturated carbocycles. The van der Waals surface area contributed by atoms with Crippen molar-refractivity contribution >= 4 is 16.8 Å². The molecule has 0 fully saturated rings. The van der Waals surface area contributed by atoms with Crippen LogP contribution in [0.4, 0.5) is 0 Å². The molecule has 104 valence electrons. The molecule has 2 rings (SSSR count). The van der Waals surface area contributed by atoms with E-state index in [9.17, 15) is 4.79 Å². The van der Waals surface area contributed by atoms with E-state index in [0.717, 1.165) is 19.3 Å². The smallest absolute Gasteiger partial charge is 0.221 e. The van der Waals surface area contributed by atoms with Gasteiger partial charge in [-0.3, -0.25) is 4.79 Å². The number of carbonyl (C=O) groups excluding carboxylic acids is 1. The normalized spacial score (nSPS) is 10.5. The molecular formula is C18H19ClO. The van der Waals surface area contributed by atoms with Gasteiger partial charge in [0.2, 0.25) is 5.24 Å². The quantitative estimate of drug-likeness (QED) is 0.531. The number of carbonyl (C=O) groups is 1. The van der Waals surface area contributed by atoms with Crippen LogP contribution in [0.25, 0.3) is 11.1 Å². The summed E-state index contributed by atoms with van der Waals surface area (Å²) in [5.41, 5.74) is 5.14. The Morgan fingerprint density at radius 1 is 1.00 bits per heavy atom. The maximum absolute atomic E-state index is 10.7. The Hall–Kier alpha value is -1.60. The molecule has 20 heavy (non-hydrogen) atoms. The molecule has 0 amide bonds. The van der Waals surface area contributed by atoms with Crippen LogP contribution in [0.1, 0.15) is 30.4 Å². The van der Waals surface area contributed by atoms with Crippen molar-refractivity contribution in [2.24, 2.45) is 0 Å². The van der Waals surface area contributed by atoms with Crippen molar-refractivity contribution < 1.29 is 4.79 Å². The summed E-state index contributed by atoms with van der Waals surface area (Å²) in [4.78, 5) is 10.7. The topological polar surface area (TPSA) is 17.1 Å². The Bertz CT molecular complexity index is 572. The largest absolute Gasteiger partial charge is 0.281 e. The molecule has 0 N–H and O–H groups in total. The number of hydrogen-bond donors (Lipinski definition) is 0. The molecule has 2 heteroatoms. The van der Waals surface area contributed by atoms with Gasteiger partial charge < -0.3 is 0 Å². The average molecular weight is 287 g/mol. The molecule has 0 unspecified atom stereocenters. The van der Waals surface area contributed by atoms with Crippen LogP contribution in [0, 0.1) is 6.92 Å². The van der Waals surface area contributed by atoms with Crippen molar-refractivity contribution in [1.29, 1.82) is 0 Å². The fraction of sp³-hybridized carbons (Fsp3) is 0.278. The molecule has 0 aromatic heterocycles. The summed E-state index contributed by atoms with van der Waals surface area (Å²) >= 11 is 5.32. The van der Waals surface area contributed by atoms with Crippen LogP contribution >= 0.6 is 11.6 Å². The third-order valence-electron chi connectivity index (χ3n) is 3.50. The molecule has 0 aliphatic rings. The van der Waals surface area contributed by atoms with Crippen LogP contribution in [-0.4, -0.2) is 5.24 Å². The molecule has 0 spiro atoms. The molecule has 2 aromatic carbocycles. The van der Waals surface area contributed by atoms with Crippen LogP contribution in [0.2, 0.25) is 0 Å². The zero-order valence-electron chi connectivity index (χ0n) is 11.7. The monoisotopic (exact) mass is 286 g/mol. The van der Waals surface area contributed by atoms with Gasteiger partial charge in [-0.25, -0.2) is 0 Å². The average Bonchev–Trinajstić information content (AvgIpc) is 2.45. The van der Waals surface area contributed by atoms with Gasteiger partial charge in [0, 0.05) is 6.42 Å². The minimum absolute atomic E-state index is 0.236. The first-order chi connectivity index (χ1) is 9.66. The SMILES string of the molecule is Cc1ccccc1-c1ccc(CCCCC(=O)Cl)cc1. The highest BCUT2D eigenvalue weighted by molar-refractivity contribution is 6.63. The standard InChI is InChI=1S/C18H19ClO/c1-14-6-2-4-8-17(14)16-12-10-15(11-13-16)7-3-5-9-18(19)20/h2,4,6,8,10-13H,3,5,7,9H2,1H3. The Kier molecular flexibility index (Phi) is 5.37. The lowest BCUT2D eigenvalue weighted by Crippen LogP contribution is -1.90. The molecule has 0 bridgehead atoms. The van der Waals surface area contributed by atoms with E-state index < -0.39 is 0 Å². The predicted molar refractivity (Wildman–Crippen MR) is 85.0 cm³/mol. The summed E-state index contributed by atoms with van der Waals surface area (Å²) < 4.78 is 0. The van der Waals surface area contributed by atoms with E-state index in [1.54, 1.807) is 0 Å². The minimum Gasteiger partial charge on any atom is -0.281 e. The first-order valence-corrected chi connectivity index (χ1v) is 7.38. The second-order valence-electron chi connectivity index (χ2n) is 5.07. The Morgan fingerprint density at radius 3 is 2.35 bits per heavy atom. The summed E-state index contributed by atoms with van der Waals surface area (Å²) in [6.07, 6.45) is 3.34. The Morgan fingerprint density at radius 2 is 1.70 bits per heavy atom. The first-order valence-electron chi connectivity index (χ1n) is 7.00. The molecule has 2 aromatic rings. The van der Waals surface area contributed by atoms with Gasteiger partial charge in [-0.1, -0.05) is 48.5 Å². The van der Waals surface area contributed by atoms with Gasteiger partial charge in [0.05, 0.1) is 0 Å². The van der Waals surface area contributed by atoms with E-state index >= 15 is 0 Å². The minimum atomic E-state index is -0.236. The number of hydrogen-bond acceptors (Lipinski definition) is 1. The van der Waals surface area contributed by atoms with E-state index in [4.69, 9.17) is 11.6 Å². The lowest BCUT2D eigenvalue weighted by Gasteiger charge is -2.07. The highest BCUT2D eigenvalue weighted by atomic mass is 35.5. The summed E-state index contributed by atoms with van der Waals surface area (Å²) in [6, 6.07) is 17.1. The van der Waals surface area contributed by atoms with E-state index in [-0.39, 0.29) is 5.24 Å². The van der Waals surface area contributed by atoms with Crippen LogP contribution in [-0.2, 0) is 11.2 Å². The molecule has 0 saturated heterocycles. The second-order valence-corrected chi connectivity index (χ2v) is 5.50. The lowest BCUT2D eigenvalue weighted by atomic mass is 9.98. The lowest BCUT2D eigenvalue weighted by molar-refractivity contribution is -0.111. The zero-order chi connectivity index (χ0) is 14.4. The molecule has 0 heterocycles. The van der Waals surface area contributed by atoms with Gasteiger partial charge in [-0.2, -0.15) is 0 Å². The molecule has 0 radical (unpaired) electrons. The van der Waals surface area contributed by atoms with Gasteiger partial charge >= 0.3 is 0 Å². The van der Waals surface area contributed by atoms with Crippen molar-refractivity contribution in [2.75, 3.05) is 0 Å². The highest BCUT2D eigenvalue weighted by Gasteiger charge is 2.01. The second kappa shape index (κ2) is 7.25. The van der Waals surface area contributed by atoms with Crippen molar-refractivity contribution in [2.45, 2.75) is 32.6 Å². The van der Waals surface area contributed by atoms with Crippen LogP contribution in [0.15, 0.2) is 48.5 Å². The van der Waals surface area contributed by atoms with Crippen molar-refractivity contribution in [3.63, 3.8) is 0 Å². The molecule has 0 aliphatic carbocycles. The van der Waals surface area contributed by atoms with Crippen molar-refractivity contribution in [3.05, 3.63) is 59.7 Å². The van der Waals surface area contributed by atoms with E-state index in [1.165, 1.54) is 22.3 Å². The van der Waals surface area contributed by atoms with Gasteiger partial charge in [0.1, 0.15) is 0 Å². The maximum atomic E-state index is 10.7. The van der Waals surface area contributed by atoms with Gasteiger partial charge in [-0.05, 0) is 60.0 Å². The summed E-state index contributed by atoms with van der Waals surface area (Å²) in [5, 5.41) is -0.236. The van der Waals surface area contributed by atoms with Gasteiger partial charge in [-0.15, -0.1) is 0 Å². The number of rotatable bonds is 6. The van der Waals surface area contributed by atoms with Gasteiger partial charge in [0.25, 0.3) is 0 Å². The summed E-state index contributed by atoms with van der Waals surface area (Å²) in [6.45, 7) is 2.13. The Labute approximate surface area is 125 Å². The van der Waals surface area contributed by atoms with Crippen molar-refractivity contribution in [3.8, 4) is 11.1 Å². The summed E-state index contributed by atoms with van der Waals surface area (Å²) in [5.74, 6) is 0. The van der Waals surface area contributed by atoms with Crippen molar-refractivity contribution in [1.82, 2.24) is 0 Å². The molecule has 0 atom stereocenters. The first kappa shape index (κ1) is 14.8. The van der Waals surface area contributed by atoms with Gasteiger partial charge in [0.15, 0.2) is 0 Å². The molecule has 0 aliphatic heterocycles. The predicted octanol–water partition coefficient (Wildman–Crippen LogP) is 5.14. The van der Waals surface area contributed by atoms with Crippen LogP contribution in [0.3, 0.4) is 0 Å². The number of benzene rings is 2. The van der Waals surface area contributed by atoms with E-state index in [0.29, 0.717) is 6.42 Å². The maximum Gasteiger partial charge on any atom is 0.221 e. The Balaban J connectivity index is 1.97. The molecular weight excluding hydrogens is 268 g/mol. The van der Waals surface area contributed by atoms with E-state index in [2.05, 4.69) is 55.5 Å². The number of halogens is 1. The third kappa shape index (κ3) is 4.21. The summed E-state index contributed by atoms with van der Waals surface area (Å²) in [7, 11) is 0. The zero-order valence-corrected chi connectivity index (χ0v) is 12.5. The third-order valence-corrected chi connectivity index (χ3v) is 3.69. The van der Waals surface area contributed by atoms with Crippen LogP contribution < -0.4 is 0 Å². The fourth-order valence-electron chi connectivity index (χ4n) is 2.34. The number of aryl methyl sites for hydroxylation is 2. The van der Waals surface area contributed by atoms with Crippen LogP contribution in [0.5, 0.6) is 0 Å². The van der Waals surface area contributed by atoms with E-state index in [1.807, 2.05) is 0 Å². The molecule has 1 nitrogen and oxygen atoms in total. The fourth-order valence-corrected chi connectivity index (χ4v) is 2.47. The number of unbranched alkanes of at least 4 members (excludes halogenated alkanes) is 1.